The molecule has 1 N–H and O–H groups in total. The molecule has 0 spiro atoms. The summed E-state index contributed by atoms with van der Waals surface area (Å²) in [5.74, 6) is 1.95. The number of aromatic nitrogens is 1. The highest BCUT2D eigenvalue weighted by molar-refractivity contribution is 9.10. The number of hydrogen-bond donors (Lipinski definition) is 1. The Kier molecular flexibility index (Phi) is 3.86. The molecule has 2 heterocycles. The lowest BCUT2D eigenvalue weighted by Gasteiger charge is -2.46. The summed E-state index contributed by atoms with van der Waals surface area (Å²) < 4.78 is 0.977. The maximum absolute atomic E-state index is 10.8. The van der Waals surface area contributed by atoms with E-state index in [9.17, 15) is 5.11 Å². The fraction of sp³-hybridized carbons (Fsp3) is 0.615. The van der Waals surface area contributed by atoms with E-state index < -0.39 is 5.60 Å². The van der Waals surface area contributed by atoms with Crippen molar-refractivity contribution in [3.8, 4) is 0 Å². The number of pyridine rings is 1. The summed E-state index contributed by atoms with van der Waals surface area (Å²) in [4.78, 5) is 4.37. The molecule has 0 bridgehead atoms. The van der Waals surface area contributed by atoms with E-state index in [4.69, 9.17) is 0 Å². The molecular weight excluding hydrogens is 298 g/mol. The molecule has 0 amide bonds. The van der Waals surface area contributed by atoms with E-state index in [1.165, 1.54) is 0 Å². The number of nitrogens with zero attached hydrogens (tertiary/aromatic N) is 1. The Morgan fingerprint density at radius 2 is 2.24 bits per heavy atom. The van der Waals surface area contributed by atoms with Crippen molar-refractivity contribution in [2.45, 2.75) is 32.3 Å². The topological polar surface area (TPSA) is 33.1 Å². The van der Waals surface area contributed by atoms with Crippen molar-refractivity contribution in [2.24, 2.45) is 5.41 Å². The zero-order valence-corrected chi connectivity index (χ0v) is 12.6. The smallest absolute Gasteiger partial charge is 0.0843 e. The van der Waals surface area contributed by atoms with E-state index in [0.717, 1.165) is 28.1 Å². The van der Waals surface area contributed by atoms with Crippen LogP contribution in [0, 0.1) is 5.41 Å². The van der Waals surface area contributed by atoms with Crippen molar-refractivity contribution in [3.05, 3.63) is 28.5 Å². The van der Waals surface area contributed by atoms with Gasteiger partial charge in [-0.1, -0.05) is 13.8 Å². The summed E-state index contributed by atoms with van der Waals surface area (Å²) in [6.45, 7) is 4.32. The molecule has 1 unspecified atom stereocenters. The first-order valence-electron chi connectivity index (χ1n) is 5.84. The summed E-state index contributed by atoms with van der Waals surface area (Å²) in [5.41, 5.74) is 0.287. The highest BCUT2D eigenvalue weighted by Crippen LogP contribution is 2.43. The molecule has 17 heavy (non-hydrogen) atoms. The Labute approximate surface area is 115 Å². The van der Waals surface area contributed by atoms with Gasteiger partial charge in [0.2, 0.25) is 0 Å². The van der Waals surface area contributed by atoms with Crippen molar-refractivity contribution < 1.29 is 5.11 Å². The Hall–Kier alpha value is -0.0600. The van der Waals surface area contributed by atoms with Crippen LogP contribution in [0.1, 0.15) is 26.0 Å². The first kappa shape index (κ1) is 13.4. The van der Waals surface area contributed by atoms with Gasteiger partial charge in [-0.3, -0.25) is 4.98 Å². The van der Waals surface area contributed by atoms with Crippen molar-refractivity contribution in [1.82, 2.24) is 4.98 Å². The standard InChI is InChI=1S/C13H18BrNOS/c1-12(2)5-6-17-9-13(12,16)7-11-4-3-10(14)8-15-11/h3-4,8,16H,5-7,9H2,1-2H3. The van der Waals surface area contributed by atoms with Crippen molar-refractivity contribution in [1.29, 1.82) is 0 Å². The second-order valence-corrected chi connectivity index (χ2v) is 7.38. The minimum Gasteiger partial charge on any atom is -0.388 e. The van der Waals surface area contributed by atoms with Gasteiger partial charge in [-0.15, -0.1) is 0 Å². The van der Waals surface area contributed by atoms with Crippen LogP contribution in [-0.2, 0) is 6.42 Å². The Morgan fingerprint density at radius 3 is 2.82 bits per heavy atom. The molecule has 1 aromatic rings. The van der Waals surface area contributed by atoms with Crippen LogP contribution >= 0.6 is 27.7 Å². The number of halogens is 1. The summed E-state index contributed by atoms with van der Waals surface area (Å²) in [6.07, 6.45) is 3.49. The molecule has 2 nitrogen and oxygen atoms in total. The minimum absolute atomic E-state index is 0.0347. The molecule has 0 radical (unpaired) electrons. The average Bonchev–Trinajstić information content (AvgIpc) is 2.26. The highest BCUT2D eigenvalue weighted by atomic mass is 79.9. The molecular formula is C13H18BrNOS. The van der Waals surface area contributed by atoms with Crippen LogP contribution < -0.4 is 0 Å². The molecule has 1 aliphatic heterocycles. The lowest BCUT2D eigenvalue weighted by molar-refractivity contribution is -0.0519. The van der Waals surface area contributed by atoms with Gasteiger partial charge in [0.15, 0.2) is 0 Å². The number of aliphatic hydroxyl groups is 1. The highest BCUT2D eigenvalue weighted by Gasteiger charge is 2.45. The normalized spacial score (nSPS) is 28.0. The van der Waals surface area contributed by atoms with Crippen LogP contribution in [-0.4, -0.2) is 27.2 Å². The Morgan fingerprint density at radius 1 is 1.47 bits per heavy atom. The molecule has 1 atom stereocenters. The molecule has 4 heteroatoms. The van der Waals surface area contributed by atoms with Crippen molar-refractivity contribution in [3.63, 3.8) is 0 Å². The van der Waals surface area contributed by atoms with E-state index in [2.05, 4.69) is 34.8 Å². The van der Waals surface area contributed by atoms with Gasteiger partial charge >= 0.3 is 0 Å². The quantitative estimate of drug-likeness (QED) is 0.909. The Balaban J connectivity index is 2.18. The van der Waals surface area contributed by atoms with Crippen LogP contribution in [0.5, 0.6) is 0 Å². The minimum atomic E-state index is -0.642. The van der Waals surface area contributed by atoms with Crippen LogP contribution in [0.25, 0.3) is 0 Å². The van der Waals surface area contributed by atoms with E-state index in [1.807, 2.05) is 23.9 Å². The molecule has 0 aliphatic carbocycles. The van der Waals surface area contributed by atoms with E-state index >= 15 is 0 Å². The maximum atomic E-state index is 10.8. The zero-order valence-electron chi connectivity index (χ0n) is 10.2. The predicted octanol–water partition coefficient (Wildman–Crippen LogP) is 3.28. The van der Waals surface area contributed by atoms with Gasteiger partial charge in [0, 0.05) is 28.5 Å². The first-order chi connectivity index (χ1) is 7.93. The third-order valence-corrected chi connectivity index (χ3v) is 5.38. The van der Waals surface area contributed by atoms with E-state index in [1.54, 1.807) is 6.20 Å². The molecule has 1 aromatic heterocycles. The summed E-state index contributed by atoms with van der Waals surface area (Å²) >= 11 is 5.22. The second-order valence-electron chi connectivity index (χ2n) is 5.36. The van der Waals surface area contributed by atoms with E-state index in [-0.39, 0.29) is 5.41 Å². The van der Waals surface area contributed by atoms with Gasteiger partial charge in [0.25, 0.3) is 0 Å². The lowest BCUT2D eigenvalue weighted by Crippen LogP contribution is -2.51. The summed E-state index contributed by atoms with van der Waals surface area (Å²) in [5, 5.41) is 10.8. The molecule has 0 saturated carbocycles. The zero-order chi connectivity index (χ0) is 12.5. The number of rotatable bonds is 2. The second kappa shape index (κ2) is 4.90. The van der Waals surface area contributed by atoms with E-state index in [0.29, 0.717) is 6.42 Å². The summed E-state index contributed by atoms with van der Waals surface area (Å²) in [6, 6.07) is 3.96. The van der Waals surface area contributed by atoms with Crippen molar-refractivity contribution >= 4 is 27.7 Å². The predicted molar refractivity (Wildman–Crippen MR) is 76.3 cm³/mol. The summed E-state index contributed by atoms with van der Waals surface area (Å²) in [7, 11) is 0. The van der Waals surface area contributed by atoms with Crippen LogP contribution in [0.3, 0.4) is 0 Å². The molecule has 1 saturated heterocycles. The fourth-order valence-corrected chi connectivity index (χ4v) is 3.96. The van der Waals surface area contributed by atoms with Crippen LogP contribution in [0.15, 0.2) is 22.8 Å². The van der Waals surface area contributed by atoms with Gasteiger partial charge in [-0.05, 0) is 45.7 Å². The monoisotopic (exact) mass is 315 g/mol. The van der Waals surface area contributed by atoms with Gasteiger partial charge < -0.3 is 5.11 Å². The fourth-order valence-electron chi connectivity index (χ4n) is 2.10. The molecule has 1 fully saturated rings. The molecule has 94 valence electrons. The van der Waals surface area contributed by atoms with Gasteiger partial charge in [-0.25, -0.2) is 0 Å². The molecule has 0 aromatic carbocycles. The van der Waals surface area contributed by atoms with Gasteiger partial charge in [-0.2, -0.15) is 11.8 Å². The lowest BCUT2D eigenvalue weighted by atomic mass is 9.71. The molecule has 2 rings (SSSR count). The van der Waals surface area contributed by atoms with Crippen molar-refractivity contribution in [2.75, 3.05) is 11.5 Å². The maximum Gasteiger partial charge on any atom is 0.0843 e. The SMILES string of the molecule is CC1(C)CCSCC1(O)Cc1ccc(Br)cn1. The third-order valence-electron chi connectivity index (χ3n) is 3.73. The number of thioether (sulfide) groups is 1. The third kappa shape index (κ3) is 2.85. The van der Waals surface area contributed by atoms with Crippen LogP contribution in [0.2, 0.25) is 0 Å². The largest absolute Gasteiger partial charge is 0.388 e. The average molecular weight is 316 g/mol. The molecule has 1 aliphatic rings. The number of hydrogen-bond acceptors (Lipinski definition) is 3. The van der Waals surface area contributed by atoms with Gasteiger partial charge in [0.05, 0.1) is 5.60 Å². The van der Waals surface area contributed by atoms with Gasteiger partial charge in [0.1, 0.15) is 0 Å². The van der Waals surface area contributed by atoms with Crippen LogP contribution in [0.4, 0.5) is 0 Å². The first-order valence-corrected chi connectivity index (χ1v) is 7.78. The Bertz CT molecular complexity index is 393.